The van der Waals surface area contributed by atoms with Crippen LogP contribution < -0.4 is 4.74 Å². The molecule has 4 nitrogen and oxygen atoms in total. The zero-order valence-corrected chi connectivity index (χ0v) is 18.2. The molecule has 2 aliphatic rings. The monoisotopic (exact) mass is 408 g/mol. The van der Waals surface area contributed by atoms with Gasteiger partial charge in [0.2, 0.25) is 0 Å². The van der Waals surface area contributed by atoms with Crippen LogP contribution in [0, 0.1) is 29.1 Å². The van der Waals surface area contributed by atoms with Crippen LogP contribution in [-0.4, -0.2) is 23.0 Å². The second-order valence-electron chi connectivity index (χ2n) is 9.39. The van der Waals surface area contributed by atoms with Crippen molar-refractivity contribution in [2.75, 3.05) is 0 Å². The maximum atomic E-state index is 13.1. The van der Waals surface area contributed by atoms with Gasteiger partial charge in [0.05, 0.1) is 10.6 Å². The molecule has 1 fully saturated rings. The fourth-order valence-electron chi connectivity index (χ4n) is 5.69. The molecule has 1 aliphatic carbocycles. The first kappa shape index (κ1) is 19.8. The Labute approximate surface area is 177 Å². The minimum absolute atomic E-state index is 0.0501. The molecule has 1 saturated carbocycles. The molecular weight excluding hydrogens is 384 g/mol. The van der Waals surface area contributed by atoms with Crippen LogP contribution in [0.25, 0.3) is 0 Å². The molecule has 1 heterocycles. The first-order chi connectivity index (χ1) is 13.6. The topological polar surface area (TPSA) is 53.3 Å². The smallest absolute Gasteiger partial charge is 0.254 e. The predicted octanol–water partition coefficient (Wildman–Crippen LogP) is 5.36. The highest BCUT2D eigenvalue weighted by atomic mass is 35.5. The average molecular weight is 409 g/mol. The SMILES string of the molecule is Cc1ccc2c(c1)CN(C1C(C)(C)C(Oc3ccc(C#N)c(Cl)c3)C1(C)C)C2=O. The molecule has 4 rings (SSSR count). The van der Waals surface area contributed by atoms with Gasteiger partial charge < -0.3 is 9.64 Å². The number of carbonyl (C=O) groups is 1. The summed E-state index contributed by atoms with van der Waals surface area (Å²) in [4.78, 5) is 15.1. The highest BCUT2D eigenvalue weighted by molar-refractivity contribution is 6.31. The van der Waals surface area contributed by atoms with Gasteiger partial charge in [-0.25, -0.2) is 0 Å². The quantitative estimate of drug-likeness (QED) is 0.687. The van der Waals surface area contributed by atoms with E-state index in [0.717, 1.165) is 11.1 Å². The zero-order valence-electron chi connectivity index (χ0n) is 17.4. The summed E-state index contributed by atoms with van der Waals surface area (Å²) in [7, 11) is 0. The molecule has 0 atom stereocenters. The third-order valence-corrected chi connectivity index (χ3v) is 6.79. The summed E-state index contributed by atoms with van der Waals surface area (Å²) in [5.74, 6) is 0.747. The predicted molar refractivity (Wildman–Crippen MR) is 113 cm³/mol. The number of halogens is 1. The Morgan fingerprint density at radius 3 is 2.45 bits per heavy atom. The number of fused-ring (bicyclic) bond motifs is 1. The van der Waals surface area contributed by atoms with Gasteiger partial charge in [0.15, 0.2) is 0 Å². The Morgan fingerprint density at radius 1 is 1.14 bits per heavy atom. The molecule has 1 amide bonds. The van der Waals surface area contributed by atoms with Gasteiger partial charge in [0.1, 0.15) is 17.9 Å². The standard InChI is InChI=1S/C24H25ClN2O2/c1-14-6-9-18-16(10-14)13-27(20(18)28)21-23(2,3)22(24(21,4)5)29-17-8-7-15(12-26)19(25)11-17/h6-11,21-22H,13H2,1-5H3. The molecule has 0 N–H and O–H groups in total. The lowest BCUT2D eigenvalue weighted by Gasteiger charge is -2.65. The second kappa shape index (κ2) is 6.50. The van der Waals surface area contributed by atoms with Gasteiger partial charge in [-0.3, -0.25) is 4.79 Å². The molecule has 5 heteroatoms. The maximum absolute atomic E-state index is 13.1. The van der Waals surface area contributed by atoms with E-state index in [1.807, 2.05) is 17.0 Å². The van der Waals surface area contributed by atoms with Crippen molar-refractivity contribution in [1.29, 1.82) is 5.26 Å². The van der Waals surface area contributed by atoms with Gasteiger partial charge in [-0.05, 0) is 30.7 Å². The van der Waals surface area contributed by atoms with Crippen LogP contribution in [0.3, 0.4) is 0 Å². The molecule has 1 aliphatic heterocycles. The first-order valence-corrected chi connectivity index (χ1v) is 10.2. The Balaban J connectivity index is 1.60. The highest BCUT2D eigenvalue weighted by Crippen LogP contribution is 2.59. The maximum Gasteiger partial charge on any atom is 0.254 e. The van der Waals surface area contributed by atoms with Crippen LogP contribution in [0.5, 0.6) is 5.75 Å². The van der Waals surface area contributed by atoms with E-state index in [1.165, 1.54) is 5.56 Å². The third kappa shape index (κ3) is 2.91. The second-order valence-corrected chi connectivity index (χ2v) is 9.80. The number of ether oxygens (including phenoxy) is 1. The van der Waals surface area contributed by atoms with E-state index < -0.39 is 0 Å². The number of rotatable bonds is 3. The van der Waals surface area contributed by atoms with E-state index in [-0.39, 0.29) is 28.9 Å². The summed E-state index contributed by atoms with van der Waals surface area (Å²) >= 11 is 6.18. The Bertz CT molecular complexity index is 1040. The molecule has 150 valence electrons. The minimum atomic E-state index is -0.239. The summed E-state index contributed by atoms with van der Waals surface area (Å²) in [6.45, 7) is 11.3. The van der Waals surface area contributed by atoms with Gasteiger partial charge in [0.25, 0.3) is 5.91 Å². The third-order valence-electron chi connectivity index (χ3n) is 6.48. The van der Waals surface area contributed by atoms with Crippen molar-refractivity contribution in [3.63, 3.8) is 0 Å². The van der Waals surface area contributed by atoms with Crippen molar-refractivity contribution in [2.24, 2.45) is 10.8 Å². The lowest BCUT2D eigenvalue weighted by atomic mass is 9.49. The van der Waals surface area contributed by atoms with Gasteiger partial charge >= 0.3 is 0 Å². The van der Waals surface area contributed by atoms with Crippen molar-refractivity contribution in [1.82, 2.24) is 4.90 Å². The fraction of sp³-hybridized carbons (Fsp3) is 0.417. The Morgan fingerprint density at radius 2 is 1.83 bits per heavy atom. The van der Waals surface area contributed by atoms with Crippen LogP contribution in [0.1, 0.15) is 54.7 Å². The molecule has 0 bridgehead atoms. The number of carbonyl (C=O) groups excluding carboxylic acids is 1. The molecular formula is C24H25ClN2O2. The molecule has 0 radical (unpaired) electrons. The van der Waals surface area contributed by atoms with Gasteiger partial charge in [-0.1, -0.05) is 57.0 Å². The fourth-order valence-corrected chi connectivity index (χ4v) is 5.90. The highest BCUT2D eigenvalue weighted by Gasteiger charge is 2.66. The van der Waals surface area contributed by atoms with Crippen LogP contribution in [0.15, 0.2) is 36.4 Å². The average Bonchev–Trinajstić information content (AvgIpc) is 2.94. The number of hydrogen-bond donors (Lipinski definition) is 0. The summed E-state index contributed by atoms with van der Waals surface area (Å²) in [6.07, 6.45) is -0.0951. The van der Waals surface area contributed by atoms with Crippen LogP contribution in [0.2, 0.25) is 5.02 Å². The van der Waals surface area contributed by atoms with E-state index in [1.54, 1.807) is 18.2 Å². The Kier molecular flexibility index (Phi) is 4.44. The van der Waals surface area contributed by atoms with Crippen molar-refractivity contribution in [3.05, 3.63) is 63.7 Å². The number of benzene rings is 2. The molecule has 2 aromatic rings. The lowest BCUT2D eigenvalue weighted by Crippen LogP contribution is -2.74. The zero-order chi connectivity index (χ0) is 21.1. The van der Waals surface area contributed by atoms with Gasteiger partial charge in [-0.2, -0.15) is 5.26 Å². The Hall–Kier alpha value is -2.51. The minimum Gasteiger partial charge on any atom is -0.489 e. The van der Waals surface area contributed by atoms with Gasteiger partial charge in [0, 0.05) is 35.0 Å². The largest absolute Gasteiger partial charge is 0.489 e. The molecule has 29 heavy (non-hydrogen) atoms. The van der Waals surface area contributed by atoms with Crippen molar-refractivity contribution in [3.8, 4) is 11.8 Å². The van der Waals surface area contributed by atoms with Crippen molar-refractivity contribution >= 4 is 17.5 Å². The van der Waals surface area contributed by atoms with Gasteiger partial charge in [-0.15, -0.1) is 0 Å². The van der Waals surface area contributed by atoms with E-state index >= 15 is 0 Å². The first-order valence-electron chi connectivity index (χ1n) is 9.84. The number of nitriles is 1. The van der Waals surface area contributed by atoms with Crippen LogP contribution in [0.4, 0.5) is 0 Å². The van der Waals surface area contributed by atoms with E-state index in [4.69, 9.17) is 21.6 Å². The molecule has 2 aromatic carbocycles. The summed E-state index contributed by atoms with van der Waals surface area (Å²) in [5, 5.41) is 9.46. The molecule has 0 unspecified atom stereocenters. The summed E-state index contributed by atoms with van der Waals surface area (Å²) in [6, 6.07) is 13.3. The summed E-state index contributed by atoms with van der Waals surface area (Å²) < 4.78 is 6.35. The van der Waals surface area contributed by atoms with E-state index in [2.05, 4.69) is 46.8 Å². The van der Waals surface area contributed by atoms with E-state index in [0.29, 0.717) is 22.9 Å². The number of aryl methyl sites for hydroxylation is 1. The number of amides is 1. The number of nitrogens with zero attached hydrogens (tertiary/aromatic N) is 2. The van der Waals surface area contributed by atoms with E-state index in [9.17, 15) is 4.79 Å². The number of hydrogen-bond acceptors (Lipinski definition) is 3. The normalized spacial score (nSPS) is 23.9. The van der Waals surface area contributed by atoms with Crippen molar-refractivity contribution in [2.45, 2.75) is 53.3 Å². The molecule has 0 spiro atoms. The van der Waals surface area contributed by atoms with Crippen LogP contribution >= 0.6 is 11.6 Å². The molecule has 0 aromatic heterocycles. The molecule has 0 saturated heterocycles. The summed E-state index contributed by atoms with van der Waals surface area (Å²) in [5.41, 5.74) is 3.03. The lowest BCUT2D eigenvalue weighted by molar-refractivity contribution is -0.199. The van der Waals surface area contributed by atoms with Crippen molar-refractivity contribution < 1.29 is 9.53 Å². The van der Waals surface area contributed by atoms with Crippen LogP contribution in [-0.2, 0) is 6.54 Å².